The highest BCUT2D eigenvalue weighted by molar-refractivity contribution is 5.91. The van der Waals surface area contributed by atoms with E-state index in [0.717, 1.165) is 29.9 Å². The molecule has 0 atom stereocenters. The van der Waals surface area contributed by atoms with Crippen LogP contribution in [0.5, 0.6) is 0 Å². The van der Waals surface area contributed by atoms with Gasteiger partial charge in [0.15, 0.2) is 6.61 Å². The fourth-order valence-corrected chi connectivity index (χ4v) is 2.47. The summed E-state index contributed by atoms with van der Waals surface area (Å²) in [6.07, 6.45) is 1.60. The van der Waals surface area contributed by atoms with Crippen molar-refractivity contribution in [3.8, 4) is 0 Å². The molecule has 0 saturated heterocycles. The predicted molar refractivity (Wildman–Crippen MR) is 103 cm³/mol. The molecule has 0 aliphatic heterocycles. The topological polar surface area (TPSA) is 53.9 Å². The quantitative estimate of drug-likeness (QED) is 0.587. The summed E-state index contributed by atoms with van der Waals surface area (Å²) >= 11 is 0. The molecule has 0 aliphatic rings. The summed E-state index contributed by atoms with van der Waals surface area (Å²) in [7, 11) is 0. The predicted octanol–water partition coefficient (Wildman–Crippen LogP) is 3.83. The first-order valence-electron chi connectivity index (χ1n) is 8.49. The van der Waals surface area contributed by atoms with Gasteiger partial charge in [-0.05, 0) is 56.2 Å². The van der Waals surface area contributed by atoms with Gasteiger partial charge in [0, 0.05) is 24.5 Å². The van der Waals surface area contributed by atoms with Crippen LogP contribution in [0.4, 0.5) is 11.4 Å². The number of oxime groups is 1. The number of nitrogens with zero attached hydrogens (tertiary/aromatic N) is 2. The van der Waals surface area contributed by atoms with Gasteiger partial charge in [0.2, 0.25) is 0 Å². The second-order valence-corrected chi connectivity index (χ2v) is 5.69. The molecule has 0 radical (unpaired) electrons. The molecule has 1 amide bonds. The van der Waals surface area contributed by atoms with Crippen LogP contribution in [0.25, 0.3) is 0 Å². The highest BCUT2D eigenvalue weighted by Gasteiger charge is 2.03. The first kappa shape index (κ1) is 18.5. The maximum atomic E-state index is 11.8. The van der Waals surface area contributed by atoms with Crippen molar-refractivity contribution in [1.82, 2.24) is 0 Å². The number of amides is 1. The summed E-state index contributed by atoms with van der Waals surface area (Å²) in [5.41, 5.74) is 3.95. The first-order valence-corrected chi connectivity index (χ1v) is 8.49. The molecular weight excluding hydrogens is 314 g/mol. The van der Waals surface area contributed by atoms with Gasteiger partial charge in [-0.15, -0.1) is 0 Å². The molecule has 0 heterocycles. The number of nitrogens with one attached hydrogen (secondary N) is 1. The van der Waals surface area contributed by atoms with Gasteiger partial charge in [0.1, 0.15) is 0 Å². The number of hydrogen-bond acceptors (Lipinski definition) is 4. The Morgan fingerprint density at radius 3 is 2.52 bits per heavy atom. The highest BCUT2D eigenvalue weighted by atomic mass is 16.6. The van der Waals surface area contributed by atoms with Crippen molar-refractivity contribution in [2.75, 3.05) is 29.9 Å². The summed E-state index contributed by atoms with van der Waals surface area (Å²) in [5, 5.41) is 6.63. The number of carbonyl (C=O) groups excluding carboxylic acids is 1. The van der Waals surface area contributed by atoms with E-state index in [4.69, 9.17) is 4.84 Å². The van der Waals surface area contributed by atoms with Gasteiger partial charge >= 0.3 is 0 Å². The van der Waals surface area contributed by atoms with Crippen LogP contribution in [0.2, 0.25) is 0 Å². The normalized spacial score (nSPS) is 10.7. The zero-order valence-corrected chi connectivity index (χ0v) is 15.0. The van der Waals surface area contributed by atoms with Crippen LogP contribution in [-0.2, 0) is 9.63 Å². The van der Waals surface area contributed by atoms with Crippen molar-refractivity contribution in [2.24, 2.45) is 5.16 Å². The Hall–Kier alpha value is -2.82. The van der Waals surface area contributed by atoms with Gasteiger partial charge < -0.3 is 15.1 Å². The second-order valence-electron chi connectivity index (χ2n) is 5.69. The van der Waals surface area contributed by atoms with Crippen LogP contribution in [0.1, 0.15) is 25.0 Å². The fraction of sp³-hybridized carbons (Fsp3) is 0.300. The first-order chi connectivity index (χ1) is 12.1. The van der Waals surface area contributed by atoms with E-state index in [0.29, 0.717) is 0 Å². The number of anilines is 2. The summed E-state index contributed by atoms with van der Waals surface area (Å²) < 4.78 is 0. The van der Waals surface area contributed by atoms with Crippen LogP contribution >= 0.6 is 0 Å². The molecule has 2 aromatic carbocycles. The van der Waals surface area contributed by atoms with E-state index in [1.165, 1.54) is 5.69 Å². The third kappa shape index (κ3) is 5.95. The van der Waals surface area contributed by atoms with Crippen molar-refractivity contribution in [3.05, 3.63) is 59.7 Å². The Bertz CT molecular complexity index is 707. The van der Waals surface area contributed by atoms with Crippen molar-refractivity contribution in [1.29, 1.82) is 0 Å². The van der Waals surface area contributed by atoms with Crippen molar-refractivity contribution in [3.63, 3.8) is 0 Å². The molecule has 0 bridgehead atoms. The van der Waals surface area contributed by atoms with E-state index in [1.807, 2.05) is 43.3 Å². The molecule has 5 nitrogen and oxygen atoms in total. The summed E-state index contributed by atoms with van der Waals surface area (Å²) in [6.45, 7) is 8.07. The lowest BCUT2D eigenvalue weighted by atomic mass is 10.2. The largest absolute Gasteiger partial charge is 0.386 e. The van der Waals surface area contributed by atoms with E-state index < -0.39 is 0 Å². The Morgan fingerprint density at radius 1 is 1.16 bits per heavy atom. The number of benzene rings is 2. The number of hydrogen-bond donors (Lipinski definition) is 1. The average Bonchev–Trinajstić information content (AvgIpc) is 2.61. The van der Waals surface area contributed by atoms with Crippen molar-refractivity contribution < 1.29 is 9.63 Å². The SMILES string of the molecule is CCN(CC)c1ccc(/C=N\OCC(=O)Nc2cccc(C)c2)cc1. The third-order valence-electron chi connectivity index (χ3n) is 3.80. The fourth-order valence-electron chi connectivity index (χ4n) is 2.47. The van der Waals surface area contributed by atoms with Gasteiger partial charge in [0.25, 0.3) is 5.91 Å². The van der Waals surface area contributed by atoms with Crippen LogP contribution in [0.3, 0.4) is 0 Å². The molecule has 5 heteroatoms. The standard InChI is InChI=1S/C20H25N3O2/c1-4-23(5-2)19-11-9-17(10-12-19)14-21-25-15-20(24)22-18-8-6-7-16(3)13-18/h6-14H,4-5,15H2,1-3H3,(H,22,24)/b21-14-. The Balaban J connectivity index is 1.79. The van der Waals surface area contributed by atoms with Crippen LogP contribution < -0.4 is 10.2 Å². The van der Waals surface area contributed by atoms with Gasteiger partial charge in [0.05, 0.1) is 6.21 Å². The van der Waals surface area contributed by atoms with E-state index in [-0.39, 0.29) is 12.5 Å². The maximum absolute atomic E-state index is 11.8. The zero-order chi connectivity index (χ0) is 18.1. The van der Waals surface area contributed by atoms with Gasteiger partial charge in [-0.25, -0.2) is 0 Å². The van der Waals surface area contributed by atoms with E-state index in [1.54, 1.807) is 6.21 Å². The maximum Gasteiger partial charge on any atom is 0.265 e. The lowest BCUT2D eigenvalue weighted by Crippen LogP contribution is -2.21. The van der Waals surface area contributed by atoms with Crippen LogP contribution in [0.15, 0.2) is 53.7 Å². The van der Waals surface area contributed by atoms with Crippen molar-refractivity contribution in [2.45, 2.75) is 20.8 Å². The summed E-state index contributed by atoms with van der Waals surface area (Å²) in [6, 6.07) is 15.7. The molecule has 25 heavy (non-hydrogen) atoms. The Morgan fingerprint density at radius 2 is 1.88 bits per heavy atom. The van der Waals surface area contributed by atoms with E-state index in [2.05, 4.69) is 41.4 Å². The summed E-state index contributed by atoms with van der Waals surface area (Å²) in [5.74, 6) is -0.236. The molecule has 0 fully saturated rings. The van der Waals surface area contributed by atoms with Crippen molar-refractivity contribution >= 4 is 23.5 Å². The molecule has 0 spiro atoms. The minimum atomic E-state index is -0.236. The lowest BCUT2D eigenvalue weighted by Gasteiger charge is -2.20. The number of aryl methyl sites for hydroxylation is 1. The molecule has 2 rings (SSSR count). The number of rotatable bonds is 8. The smallest absolute Gasteiger partial charge is 0.265 e. The van der Waals surface area contributed by atoms with Gasteiger partial charge in [-0.3, -0.25) is 4.79 Å². The molecule has 2 aromatic rings. The zero-order valence-electron chi connectivity index (χ0n) is 15.0. The Labute approximate surface area is 149 Å². The van der Waals surface area contributed by atoms with Gasteiger partial charge in [-0.1, -0.05) is 29.4 Å². The average molecular weight is 339 g/mol. The minimum Gasteiger partial charge on any atom is -0.386 e. The second kappa shape index (κ2) is 9.47. The van der Waals surface area contributed by atoms with Gasteiger partial charge in [-0.2, -0.15) is 0 Å². The lowest BCUT2D eigenvalue weighted by molar-refractivity contribution is -0.120. The molecule has 132 valence electrons. The molecular formula is C20H25N3O2. The minimum absolute atomic E-state index is 0.123. The molecule has 0 saturated carbocycles. The molecule has 0 aliphatic carbocycles. The highest BCUT2D eigenvalue weighted by Crippen LogP contribution is 2.14. The van der Waals surface area contributed by atoms with Crippen LogP contribution in [-0.4, -0.2) is 31.8 Å². The Kier molecular flexibility index (Phi) is 7.01. The molecule has 1 N–H and O–H groups in total. The summed E-state index contributed by atoms with van der Waals surface area (Å²) in [4.78, 5) is 19.1. The van der Waals surface area contributed by atoms with E-state index in [9.17, 15) is 4.79 Å². The number of carbonyl (C=O) groups is 1. The monoisotopic (exact) mass is 339 g/mol. The van der Waals surface area contributed by atoms with Crippen LogP contribution in [0, 0.1) is 6.92 Å². The molecule has 0 aromatic heterocycles. The third-order valence-corrected chi connectivity index (χ3v) is 3.80. The van der Waals surface area contributed by atoms with E-state index >= 15 is 0 Å². The molecule has 0 unspecified atom stereocenters.